The number of pyridine rings is 1. The molecule has 7 nitrogen and oxygen atoms in total. The highest BCUT2D eigenvalue weighted by Crippen LogP contribution is 2.28. The van der Waals surface area contributed by atoms with Crippen LogP contribution in [-0.2, 0) is 0 Å². The minimum absolute atomic E-state index is 0.150. The first kappa shape index (κ1) is 21.6. The van der Waals surface area contributed by atoms with Crippen LogP contribution in [0.4, 0.5) is 4.79 Å². The molecule has 1 amide bonds. The molecule has 1 aliphatic rings. The summed E-state index contributed by atoms with van der Waals surface area (Å²) in [5.41, 5.74) is 1.40. The molecule has 1 saturated heterocycles. The number of ether oxygens (including phenoxy) is 1. The van der Waals surface area contributed by atoms with E-state index < -0.39 is 0 Å². The predicted octanol–water partition coefficient (Wildman–Crippen LogP) is 4.35. The second-order valence-corrected chi connectivity index (χ2v) is 8.14. The first-order valence-corrected chi connectivity index (χ1v) is 10.9. The summed E-state index contributed by atoms with van der Waals surface area (Å²) < 4.78 is 7.33. The number of likely N-dealkylation sites (tertiary alicyclic amines) is 1. The zero-order valence-electron chi connectivity index (χ0n) is 16.9. The summed E-state index contributed by atoms with van der Waals surface area (Å²) in [7, 11) is 0. The van der Waals surface area contributed by atoms with Gasteiger partial charge in [-0.05, 0) is 43.2 Å². The van der Waals surface area contributed by atoms with Crippen molar-refractivity contribution in [3.8, 4) is 17.1 Å². The lowest BCUT2D eigenvalue weighted by Crippen LogP contribution is -2.42. The van der Waals surface area contributed by atoms with Gasteiger partial charge in [0.05, 0.1) is 15.7 Å². The quantitative estimate of drug-likeness (QED) is 0.592. The van der Waals surface area contributed by atoms with Crippen LogP contribution in [0.2, 0.25) is 10.0 Å². The molecule has 1 fully saturated rings. The van der Waals surface area contributed by atoms with Crippen LogP contribution in [0.5, 0.6) is 5.75 Å². The first-order valence-electron chi connectivity index (χ1n) is 10.2. The summed E-state index contributed by atoms with van der Waals surface area (Å²) >= 11 is 12.0. The summed E-state index contributed by atoms with van der Waals surface area (Å²) in [6, 6.07) is 12.5. The van der Waals surface area contributed by atoms with E-state index in [1.807, 2.05) is 24.3 Å². The Kier molecular flexibility index (Phi) is 7.06. The zero-order valence-corrected chi connectivity index (χ0v) is 18.4. The lowest BCUT2D eigenvalue weighted by Gasteiger charge is -2.32. The number of nitrogens with zero attached hydrogens (tertiary/aromatic N) is 4. The van der Waals surface area contributed by atoms with Gasteiger partial charge in [0.15, 0.2) is 0 Å². The number of carbonyl (C=O) groups is 1. The molecule has 1 aliphatic heterocycles. The molecular formula is C22H23Cl2N5O2. The van der Waals surface area contributed by atoms with E-state index in [-0.39, 0.29) is 12.1 Å². The number of aromatic nitrogens is 3. The Morgan fingerprint density at radius 3 is 2.68 bits per heavy atom. The fourth-order valence-corrected chi connectivity index (χ4v) is 3.77. The van der Waals surface area contributed by atoms with Crippen LogP contribution in [0.15, 0.2) is 54.9 Å². The van der Waals surface area contributed by atoms with Crippen molar-refractivity contribution in [1.82, 2.24) is 25.0 Å². The molecule has 1 aromatic carbocycles. The van der Waals surface area contributed by atoms with Crippen molar-refractivity contribution in [2.24, 2.45) is 0 Å². The van der Waals surface area contributed by atoms with Gasteiger partial charge in [0.1, 0.15) is 17.5 Å². The van der Waals surface area contributed by atoms with Gasteiger partial charge in [-0.2, -0.15) is 9.78 Å². The highest BCUT2D eigenvalue weighted by molar-refractivity contribution is 6.42. The van der Waals surface area contributed by atoms with E-state index in [2.05, 4.69) is 20.3 Å². The molecule has 3 aromatic rings. The summed E-state index contributed by atoms with van der Waals surface area (Å²) in [6.45, 7) is 3.15. The average molecular weight is 460 g/mol. The Bertz CT molecular complexity index is 1020. The van der Waals surface area contributed by atoms with E-state index in [9.17, 15) is 4.79 Å². The van der Waals surface area contributed by atoms with E-state index in [1.165, 1.54) is 4.68 Å². The summed E-state index contributed by atoms with van der Waals surface area (Å²) in [6.07, 6.45) is 5.33. The maximum atomic E-state index is 12.3. The van der Waals surface area contributed by atoms with Gasteiger partial charge in [0, 0.05) is 44.6 Å². The van der Waals surface area contributed by atoms with Gasteiger partial charge >= 0.3 is 6.03 Å². The van der Waals surface area contributed by atoms with E-state index in [1.54, 1.807) is 30.6 Å². The number of carbonyl (C=O) groups excluding carboxylic acids is 1. The number of rotatable bonds is 6. The highest BCUT2D eigenvalue weighted by Gasteiger charge is 2.21. The van der Waals surface area contributed by atoms with Crippen molar-refractivity contribution < 1.29 is 9.53 Å². The third-order valence-electron chi connectivity index (χ3n) is 5.16. The normalized spacial score (nSPS) is 15.0. The second kappa shape index (κ2) is 10.1. The van der Waals surface area contributed by atoms with E-state index >= 15 is 0 Å². The smallest absolute Gasteiger partial charge is 0.342 e. The minimum atomic E-state index is -0.250. The molecule has 0 radical (unpaired) electrons. The largest absolute Gasteiger partial charge is 0.490 e. The van der Waals surface area contributed by atoms with Gasteiger partial charge < -0.3 is 15.0 Å². The molecule has 0 saturated carbocycles. The summed E-state index contributed by atoms with van der Waals surface area (Å²) in [5.74, 6) is 0.740. The number of halogens is 2. The minimum Gasteiger partial charge on any atom is -0.490 e. The number of benzene rings is 1. The lowest BCUT2D eigenvalue weighted by molar-refractivity contribution is 0.101. The number of hydrogen-bond acceptors (Lipinski definition) is 5. The number of nitrogens with one attached hydrogen (secondary N) is 1. The molecule has 4 rings (SSSR count). The van der Waals surface area contributed by atoms with Gasteiger partial charge in [-0.3, -0.25) is 4.98 Å². The molecule has 162 valence electrons. The van der Waals surface area contributed by atoms with Gasteiger partial charge in [0.25, 0.3) is 0 Å². The fourth-order valence-electron chi connectivity index (χ4n) is 3.48. The zero-order chi connectivity index (χ0) is 21.6. The second-order valence-electron chi connectivity index (χ2n) is 7.33. The van der Waals surface area contributed by atoms with Crippen LogP contribution in [0.3, 0.4) is 0 Å². The van der Waals surface area contributed by atoms with Gasteiger partial charge in [0.2, 0.25) is 0 Å². The predicted molar refractivity (Wildman–Crippen MR) is 121 cm³/mol. The van der Waals surface area contributed by atoms with Crippen LogP contribution in [0, 0.1) is 0 Å². The molecule has 1 N–H and O–H groups in total. The van der Waals surface area contributed by atoms with Crippen molar-refractivity contribution >= 4 is 29.2 Å². The molecule has 0 bridgehead atoms. The number of piperidine rings is 1. The summed E-state index contributed by atoms with van der Waals surface area (Å²) in [5, 5.41) is 8.24. The van der Waals surface area contributed by atoms with Gasteiger partial charge in [-0.15, -0.1) is 0 Å². The Balaban J connectivity index is 1.18. The molecule has 3 heterocycles. The van der Waals surface area contributed by atoms with Crippen LogP contribution < -0.4 is 10.1 Å². The number of amides is 1. The van der Waals surface area contributed by atoms with Crippen LogP contribution >= 0.6 is 23.2 Å². The molecular weight excluding hydrogens is 437 g/mol. The monoisotopic (exact) mass is 459 g/mol. The first-order chi connectivity index (χ1) is 15.1. The third kappa shape index (κ3) is 5.76. The molecule has 0 atom stereocenters. The SMILES string of the molecule is O=C(NCCN1CCC(Oc2ccc(Cl)c(Cl)c2)CC1)n1ccc(-c2ccccn2)n1. The molecule has 31 heavy (non-hydrogen) atoms. The van der Waals surface area contributed by atoms with E-state index in [0.717, 1.165) is 43.9 Å². The summed E-state index contributed by atoms with van der Waals surface area (Å²) in [4.78, 5) is 18.9. The Labute approximate surface area is 190 Å². The topological polar surface area (TPSA) is 72.3 Å². The van der Waals surface area contributed by atoms with Crippen LogP contribution in [-0.4, -0.2) is 58.0 Å². The average Bonchev–Trinajstić information content (AvgIpc) is 3.29. The maximum absolute atomic E-state index is 12.3. The standard InChI is InChI=1S/C22H23Cl2N5O2/c23-18-5-4-17(15-19(18)24)31-16-6-11-28(12-7-16)14-10-26-22(30)29-13-8-21(27-29)20-3-1-2-9-25-20/h1-5,8-9,13,15-16H,6-7,10-12,14H2,(H,26,30). The van der Waals surface area contributed by atoms with Crippen LogP contribution in [0.25, 0.3) is 11.4 Å². The van der Waals surface area contributed by atoms with Crippen molar-refractivity contribution in [1.29, 1.82) is 0 Å². The molecule has 0 spiro atoms. The van der Waals surface area contributed by atoms with E-state index in [4.69, 9.17) is 27.9 Å². The van der Waals surface area contributed by atoms with Gasteiger partial charge in [-0.25, -0.2) is 4.79 Å². The Hall–Kier alpha value is -2.61. The molecule has 2 aromatic heterocycles. The number of hydrogen-bond donors (Lipinski definition) is 1. The fraction of sp³-hybridized carbons (Fsp3) is 0.318. The van der Waals surface area contributed by atoms with Crippen LogP contribution in [0.1, 0.15) is 12.8 Å². The van der Waals surface area contributed by atoms with Crippen molar-refractivity contribution in [3.63, 3.8) is 0 Å². The Morgan fingerprint density at radius 2 is 1.94 bits per heavy atom. The highest BCUT2D eigenvalue weighted by atomic mass is 35.5. The molecule has 0 unspecified atom stereocenters. The molecule has 0 aliphatic carbocycles. The maximum Gasteiger partial charge on any atom is 0.342 e. The van der Waals surface area contributed by atoms with Gasteiger partial charge in [-0.1, -0.05) is 29.3 Å². The van der Waals surface area contributed by atoms with E-state index in [0.29, 0.717) is 22.3 Å². The van der Waals surface area contributed by atoms with Crippen molar-refractivity contribution in [3.05, 3.63) is 64.9 Å². The van der Waals surface area contributed by atoms with Crippen molar-refractivity contribution in [2.75, 3.05) is 26.2 Å². The lowest BCUT2D eigenvalue weighted by atomic mass is 10.1. The third-order valence-corrected chi connectivity index (χ3v) is 5.90. The molecule has 9 heteroatoms. The Morgan fingerprint density at radius 1 is 1.10 bits per heavy atom. The van der Waals surface area contributed by atoms with Crippen molar-refractivity contribution in [2.45, 2.75) is 18.9 Å².